The number of nitrogens with two attached hydrogens (primary N) is 1. The van der Waals surface area contributed by atoms with E-state index in [9.17, 15) is 0 Å². The molecule has 0 fully saturated rings. The molecule has 4 nitrogen and oxygen atoms in total. The Balaban J connectivity index is 2.20. The lowest BCUT2D eigenvalue weighted by Crippen LogP contribution is -2.21. The second-order valence-corrected chi connectivity index (χ2v) is 4.10. The van der Waals surface area contributed by atoms with Gasteiger partial charge in [0.05, 0.1) is 5.69 Å². The first-order valence-electron chi connectivity index (χ1n) is 4.41. The van der Waals surface area contributed by atoms with Crippen LogP contribution in [0.25, 0.3) is 0 Å². The molecule has 0 saturated carbocycles. The molecule has 74 valence electrons. The molecule has 1 aromatic heterocycles. The molecule has 1 unspecified atom stereocenters. The molecule has 1 heterocycles. The number of thioether (sulfide) groups is 1. The van der Waals surface area contributed by atoms with Crippen LogP contribution < -0.4 is 5.73 Å². The molecular weight excluding hydrogens is 184 g/mol. The van der Waals surface area contributed by atoms with Gasteiger partial charge in [-0.1, -0.05) is 12.1 Å². The van der Waals surface area contributed by atoms with Gasteiger partial charge in [-0.3, -0.25) is 4.68 Å². The van der Waals surface area contributed by atoms with E-state index >= 15 is 0 Å². The number of aryl methyl sites for hydroxylation is 1. The Bertz CT molecular complexity index is 248. The van der Waals surface area contributed by atoms with Gasteiger partial charge in [0.1, 0.15) is 0 Å². The third-order valence-electron chi connectivity index (χ3n) is 1.76. The fraction of sp³-hybridized carbons (Fsp3) is 0.750. The first kappa shape index (κ1) is 10.5. The second kappa shape index (κ2) is 5.24. The molecule has 0 radical (unpaired) electrons. The fourth-order valence-electron chi connectivity index (χ4n) is 0.894. The summed E-state index contributed by atoms with van der Waals surface area (Å²) in [5.41, 5.74) is 6.80. The van der Waals surface area contributed by atoms with Crippen LogP contribution in [0.3, 0.4) is 0 Å². The van der Waals surface area contributed by atoms with Gasteiger partial charge >= 0.3 is 0 Å². The van der Waals surface area contributed by atoms with Crippen LogP contribution in [0.2, 0.25) is 0 Å². The van der Waals surface area contributed by atoms with Crippen molar-refractivity contribution in [1.29, 1.82) is 0 Å². The maximum atomic E-state index is 5.78. The molecule has 0 spiro atoms. The van der Waals surface area contributed by atoms with E-state index in [4.69, 9.17) is 5.73 Å². The second-order valence-electron chi connectivity index (χ2n) is 3.07. The van der Waals surface area contributed by atoms with E-state index in [1.165, 1.54) is 0 Å². The van der Waals surface area contributed by atoms with Crippen LogP contribution in [0.15, 0.2) is 6.20 Å². The smallest absolute Gasteiger partial charge is 0.0925 e. The lowest BCUT2D eigenvalue weighted by molar-refractivity contribution is 0.714. The van der Waals surface area contributed by atoms with E-state index in [2.05, 4.69) is 17.2 Å². The minimum atomic E-state index is 0.307. The summed E-state index contributed by atoms with van der Waals surface area (Å²) < 4.78 is 1.72. The van der Waals surface area contributed by atoms with Gasteiger partial charge in [0.25, 0.3) is 0 Å². The molecule has 1 atom stereocenters. The number of aromatic nitrogens is 3. The van der Waals surface area contributed by atoms with Crippen LogP contribution in [-0.4, -0.2) is 26.8 Å². The van der Waals surface area contributed by atoms with Crippen molar-refractivity contribution in [1.82, 2.24) is 15.0 Å². The van der Waals surface area contributed by atoms with Crippen LogP contribution in [-0.2, 0) is 12.8 Å². The van der Waals surface area contributed by atoms with Crippen LogP contribution in [0.4, 0.5) is 0 Å². The molecular formula is C8H16N4S. The molecule has 0 saturated heterocycles. The van der Waals surface area contributed by atoms with E-state index in [1.807, 2.05) is 25.0 Å². The molecule has 13 heavy (non-hydrogen) atoms. The minimum Gasteiger partial charge on any atom is -0.327 e. The van der Waals surface area contributed by atoms with Gasteiger partial charge in [0, 0.05) is 30.8 Å². The van der Waals surface area contributed by atoms with Crippen molar-refractivity contribution < 1.29 is 0 Å². The molecule has 0 aliphatic rings. The molecule has 0 aromatic carbocycles. The van der Waals surface area contributed by atoms with E-state index in [1.54, 1.807) is 4.68 Å². The molecule has 1 rings (SSSR count). The van der Waals surface area contributed by atoms with Crippen molar-refractivity contribution in [2.45, 2.75) is 25.1 Å². The average Bonchev–Trinajstić information content (AvgIpc) is 2.51. The summed E-state index contributed by atoms with van der Waals surface area (Å²) in [5.74, 6) is 1.90. The lowest BCUT2D eigenvalue weighted by atomic mass is 10.3. The molecule has 0 aliphatic carbocycles. The van der Waals surface area contributed by atoms with Crippen LogP contribution in [0.5, 0.6) is 0 Å². The largest absolute Gasteiger partial charge is 0.327 e. The Morgan fingerprint density at radius 2 is 2.46 bits per heavy atom. The summed E-state index contributed by atoms with van der Waals surface area (Å²) in [6.07, 6.45) is 2.97. The predicted octanol–water partition coefficient (Wildman–Crippen LogP) is 0.786. The number of nitrogens with zero attached hydrogens (tertiary/aromatic N) is 3. The molecule has 0 bridgehead atoms. The summed E-state index contributed by atoms with van der Waals surface area (Å²) in [4.78, 5) is 0. The zero-order valence-corrected chi connectivity index (χ0v) is 8.92. The van der Waals surface area contributed by atoms with Gasteiger partial charge < -0.3 is 5.73 Å². The van der Waals surface area contributed by atoms with E-state index in [0.717, 1.165) is 23.6 Å². The Morgan fingerprint density at radius 1 is 1.69 bits per heavy atom. The summed E-state index contributed by atoms with van der Waals surface area (Å²) in [7, 11) is 1.87. The van der Waals surface area contributed by atoms with Gasteiger partial charge in [0.15, 0.2) is 0 Å². The first-order chi connectivity index (χ1) is 6.22. The van der Waals surface area contributed by atoms with Crippen LogP contribution >= 0.6 is 11.8 Å². The molecule has 1 aromatic rings. The zero-order chi connectivity index (χ0) is 9.68. The highest BCUT2D eigenvalue weighted by Gasteiger charge is 2.01. The lowest BCUT2D eigenvalue weighted by Gasteiger charge is -2.05. The van der Waals surface area contributed by atoms with Gasteiger partial charge in [-0.25, -0.2) is 0 Å². The monoisotopic (exact) mass is 200 g/mol. The van der Waals surface area contributed by atoms with Crippen LogP contribution in [0.1, 0.15) is 19.0 Å². The Kier molecular flexibility index (Phi) is 4.24. The SMILES string of the molecule is CCC(N)CSCc1cn(C)nn1. The molecule has 0 amide bonds. The van der Waals surface area contributed by atoms with Gasteiger partial charge in [-0.05, 0) is 6.42 Å². The maximum absolute atomic E-state index is 5.78. The predicted molar refractivity (Wildman–Crippen MR) is 55.4 cm³/mol. The highest BCUT2D eigenvalue weighted by molar-refractivity contribution is 7.98. The average molecular weight is 200 g/mol. The molecule has 2 N–H and O–H groups in total. The Hall–Kier alpha value is -0.550. The number of rotatable bonds is 5. The van der Waals surface area contributed by atoms with Crippen molar-refractivity contribution in [2.24, 2.45) is 12.8 Å². The number of hydrogen-bond acceptors (Lipinski definition) is 4. The van der Waals surface area contributed by atoms with Crippen molar-refractivity contribution in [3.63, 3.8) is 0 Å². The topological polar surface area (TPSA) is 56.7 Å². The van der Waals surface area contributed by atoms with E-state index < -0.39 is 0 Å². The van der Waals surface area contributed by atoms with Crippen molar-refractivity contribution in [3.05, 3.63) is 11.9 Å². The standard InChI is InChI=1S/C8H16N4S/c1-3-7(9)5-13-6-8-4-12(2)11-10-8/h4,7H,3,5-6,9H2,1-2H3. The molecule has 5 heteroatoms. The van der Waals surface area contributed by atoms with Crippen molar-refractivity contribution in [2.75, 3.05) is 5.75 Å². The summed E-state index contributed by atoms with van der Waals surface area (Å²) in [6.45, 7) is 2.10. The zero-order valence-electron chi connectivity index (χ0n) is 8.10. The van der Waals surface area contributed by atoms with Gasteiger partial charge in [-0.15, -0.1) is 5.10 Å². The van der Waals surface area contributed by atoms with Crippen molar-refractivity contribution >= 4 is 11.8 Å². The molecule has 0 aliphatic heterocycles. The first-order valence-corrected chi connectivity index (χ1v) is 5.56. The fourth-order valence-corrected chi connectivity index (χ4v) is 1.89. The minimum absolute atomic E-state index is 0.307. The summed E-state index contributed by atoms with van der Waals surface area (Å²) in [5, 5.41) is 7.85. The Labute approximate surface area is 82.9 Å². The summed E-state index contributed by atoms with van der Waals surface area (Å²) >= 11 is 1.81. The summed E-state index contributed by atoms with van der Waals surface area (Å²) in [6, 6.07) is 0.307. The Morgan fingerprint density at radius 3 is 3.00 bits per heavy atom. The third-order valence-corrected chi connectivity index (χ3v) is 2.92. The van der Waals surface area contributed by atoms with E-state index in [0.29, 0.717) is 6.04 Å². The highest BCUT2D eigenvalue weighted by atomic mass is 32.2. The third kappa shape index (κ3) is 3.78. The van der Waals surface area contributed by atoms with Crippen LogP contribution in [0, 0.1) is 0 Å². The van der Waals surface area contributed by atoms with Gasteiger partial charge in [0.2, 0.25) is 0 Å². The van der Waals surface area contributed by atoms with Crippen molar-refractivity contribution in [3.8, 4) is 0 Å². The normalized spacial score (nSPS) is 13.2. The highest BCUT2D eigenvalue weighted by Crippen LogP contribution is 2.10. The van der Waals surface area contributed by atoms with Gasteiger partial charge in [-0.2, -0.15) is 11.8 Å². The number of hydrogen-bond donors (Lipinski definition) is 1. The van der Waals surface area contributed by atoms with E-state index in [-0.39, 0.29) is 0 Å². The maximum Gasteiger partial charge on any atom is 0.0925 e. The quantitative estimate of drug-likeness (QED) is 0.763.